The fourth-order valence-electron chi connectivity index (χ4n) is 14.0. The molecule has 8 heterocycles. The van der Waals surface area contributed by atoms with Gasteiger partial charge in [-0.2, -0.15) is 0 Å². The van der Waals surface area contributed by atoms with E-state index < -0.39 is 360 Å². The van der Waals surface area contributed by atoms with E-state index in [2.05, 4.69) is 21.3 Å². The standard InChI is InChI=1S/C62H106N4O46/c1-15(75)63-19(5-67)32(80)49(20(79)6-68)107-56-30(65-17(3)77)41(89)51(26(12-74)103-56)109-61-48(96)53(38(86)28(106-61)14-98-59-47(95)52(110-60-46(94)43(91)35(83)23(9-71)101-60)37(85)27(105-59)13-97-58-45(93)42(90)34(82)22(8-70)100-58)111-62-54(44(92)36(84)24(10-72)102-62)112-57-31(66-18(4)78)40(88)50(25(11-73)104-57)108-55-29(64-16(2)76)39(87)33(81)21(7-69)99-55/h19-62,67-74,79-96H,5-14H2,1-4H3,(H,63,75)(H,64,76)(H,65,77)(H,66,78)/t19-,20+,21+,22+,23+,24+,25+,26+,27+,28+,29+,30+,31+,32+,33-,34+,35+,36+,37+,38+,39+,40+,41+,42-,43-,44-,45-,46-,47-,48-,49+,50+,51+,52-,53-,54-,55?,56?,57?,58?,59?,60?,61?,62?/m0/s1. The van der Waals surface area contributed by atoms with Crippen molar-refractivity contribution >= 4 is 23.6 Å². The molecule has 30 N–H and O–H groups in total. The van der Waals surface area contributed by atoms with Crippen LogP contribution >= 0.6 is 0 Å². The van der Waals surface area contributed by atoms with Crippen LogP contribution in [0.4, 0.5) is 0 Å². The quantitative estimate of drug-likeness (QED) is 0.0290. The van der Waals surface area contributed by atoms with E-state index in [1.807, 2.05) is 0 Å². The summed E-state index contributed by atoms with van der Waals surface area (Å²) < 4.78 is 94.4. The lowest BCUT2D eigenvalue weighted by Crippen LogP contribution is -2.71. The van der Waals surface area contributed by atoms with Gasteiger partial charge in [0.2, 0.25) is 23.6 Å². The number of amides is 4. The van der Waals surface area contributed by atoms with Gasteiger partial charge in [-0.05, 0) is 0 Å². The van der Waals surface area contributed by atoms with Gasteiger partial charge in [-0.25, -0.2) is 0 Å². The lowest BCUT2D eigenvalue weighted by Gasteiger charge is -2.51. The van der Waals surface area contributed by atoms with E-state index in [-0.39, 0.29) is 0 Å². The van der Waals surface area contributed by atoms with Crippen LogP contribution in [0.15, 0.2) is 0 Å². The summed E-state index contributed by atoms with van der Waals surface area (Å²) in [5.41, 5.74) is 0. The number of carbonyl (C=O) groups is 4. The van der Waals surface area contributed by atoms with Gasteiger partial charge in [0.15, 0.2) is 50.3 Å². The minimum absolute atomic E-state index is 0.814. The SMILES string of the molecule is CC(=O)N[C@@H](CO)[C@@H](O)[C@H](OC1O[C@H](CO)[C@@H](OC2O[C@H](COC3O[C@H](COC4O[C@H](CO)[C@@H](O)[C@H](O)[C@@H]4O)[C@@H](O)[C@H](OC4O[C@H](CO)[C@@H](O)[C@H](O)[C@@H]4O)[C@@H]3O)[C@@H](O)[C@H](OC3O[C@H](CO)[C@@H](O)[C@H](O)[C@@H]3OC3O[C@H](CO)[C@@H](OC4O[C@H](CO)[C@H](O)[C@H](O)[C@H]4NC(C)=O)[C@H](O)[C@H]3NC(C)=O)[C@@H]2O)[C@H](O)[C@H]1NC(C)=O)[C@H](O)CO. The zero-order valence-corrected chi connectivity index (χ0v) is 60.3. The zero-order valence-electron chi connectivity index (χ0n) is 60.3. The molecular weight excluding hydrogens is 1540 g/mol. The van der Waals surface area contributed by atoms with Crippen LogP contribution in [0.1, 0.15) is 27.7 Å². The predicted octanol–water partition coefficient (Wildman–Crippen LogP) is -20.4. The summed E-state index contributed by atoms with van der Waals surface area (Å²) in [6.45, 7) is -7.16. The number of ether oxygens (including phenoxy) is 16. The molecule has 8 unspecified atom stereocenters. The topological polar surface area (TPSA) is 790 Å². The van der Waals surface area contributed by atoms with Crippen LogP contribution in [0.25, 0.3) is 0 Å². The van der Waals surface area contributed by atoms with E-state index in [1.54, 1.807) is 0 Å². The zero-order chi connectivity index (χ0) is 82.9. The Morgan fingerprint density at radius 2 is 0.625 bits per heavy atom. The maximum absolute atomic E-state index is 13.0. The minimum atomic E-state index is -2.60. The lowest BCUT2D eigenvalue weighted by molar-refractivity contribution is -0.397. The Labute approximate surface area is 634 Å². The highest BCUT2D eigenvalue weighted by Gasteiger charge is 2.60. The van der Waals surface area contributed by atoms with Crippen LogP contribution in [-0.4, -0.2) is 492 Å². The van der Waals surface area contributed by atoms with Crippen molar-refractivity contribution in [2.75, 3.05) is 66.1 Å². The number of aliphatic hydroxyl groups excluding tert-OH is 26. The molecule has 8 rings (SSSR count). The van der Waals surface area contributed by atoms with E-state index in [1.165, 1.54) is 0 Å². The van der Waals surface area contributed by atoms with Crippen LogP contribution in [-0.2, 0) is 95.0 Å². The molecule has 8 saturated heterocycles. The summed E-state index contributed by atoms with van der Waals surface area (Å²) in [4.78, 5) is 50.4. The van der Waals surface area contributed by atoms with Crippen molar-refractivity contribution in [3.8, 4) is 0 Å². The van der Waals surface area contributed by atoms with Gasteiger partial charge < -0.3 is 230 Å². The van der Waals surface area contributed by atoms with Gasteiger partial charge in [0.1, 0.15) is 213 Å². The molecule has 8 fully saturated rings. The molecule has 50 nitrogen and oxygen atoms in total. The Kier molecular flexibility index (Phi) is 34.9. The maximum Gasteiger partial charge on any atom is 0.217 e. The first-order valence-corrected chi connectivity index (χ1v) is 35.5. The molecule has 8 aliphatic rings. The number of hydrogen-bond acceptors (Lipinski definition) is 46. The fourth-order valence-corrected chi connectivity index (χ4v) is 14.0. The smallest absolute Gasteiger partial charge is 0.217 e. The van der Waals surface area contributed by atoms with Crippen molar-refractivity contribution in [2.24, 2.45) is 0 Å². The third-order valence-corrected chi connectivity index (χ3v) is 20.0. The molecular formula is C62H106N4O46. The normalized spacial score (nSPS) is 45.9. The van der Waals surface area contributed by atoms with Gasteiger partial charge in [0, 0.05) is 27.7 Å². The highest BCUT2D eigenvalue weighted by atomic mass is 16.8. The highest BCUT2D eigenvalue weighted by molar-refractivity contribution is 5.74. The molecule has 0 radical (unpaired) electrons. The van der Waals surface area contributed by atoms with E-state index >= 15 is 0 Å². The second-order valence-electron chi connectivity index (χ2n) is 28.0. The second kappa shape index (κ2) is 41.7. The average molecular weight is 1640 g/mol. The highest BCUT2D eigenvalue weighted by Crippen LogP contribution is 2.39. The molecule has 0 aliphatic carbocycles. The number of nitrogens with one attached hydrogen (secondary N) is 4. The van der Waals surface area contributed by atoms with Crippen LogP contribution in [0.2, 0.25) is 0 Å². The molecule has 4 amide bonds. The second-order valence-corrected chi connectivity index (χ2v) is 28.0. The number of hydrogen-bond donors (Lipinski definition) is 30. The van der Waals surface area contributed by atoms with Gasteiger partial charge in [0.25, 0.3) is 0 Å². The van der Waals surface area contributed by atoms with E-state index in [4.69, 9.17) is 75.8 Å². The average Bonchev–Trinajstić information content (AvgIpc) is 0.771. The van der Waals surface area contributed by atoms with Gasteiger partial charge in [-0.3, -0.25) is 19.2 Å². The fraction of sp³-hybridized carbons (Fsp3) is 0.935. The molecule has 8 aliphatic heterocycles. The third-order valence-electron chi connectivity index (χ3n) is 20.0. The van der Waals surface area contributed by atoms with Gasteiger partial charge in [-0.1, -0.05) is 0 Å². The largest absolute Gasteiger partial charge is 0.394 e. The van der Waals surface area contributed by atoms with Crippen molar-refractivity contribution in [1.29, 1.82) is 0 Å². The molecule has 0 aromatic carbocycles. The van der Waals surface area contributed by atoms with E-state index in [9.17, 15) is 152 Å². The molecule has 0 bridgehead atoms. The van der Waals surface area contributed by atoms with E-state index in [0.29, 0.717) is 0 Å². The van der Waals surface area contributed by atoms with E-state index in [0.717, 1.165) is 27.7 Å². The molecule has 0 aromatic rings. The molecule has 0 saturated carbocycles. The molecule has 0 aromatic heterocycles. The monoisotopic (exact) mass is 1640 g/mol. The van der Waals surface area contributed by atoms with Crippen molar-refractivity contribution < 1.29 is 228 Å². The Morgan fingerprint density at radius 3 is 1.07 bits per heavy atom. The molecule has 650 valence electrons. The summed E-state index contributed by atoms with van der Waals surface area (Å²) in [7, 11) is 0. The molecule has 0 spiro atoms. The summed E-state index contributed by atoms with van der Waals surface area (Å²) in [5.74, 6) is -3.58. The number of rotatable bonds is 33. The Hall–Kier alpha value is -3.80. The maximum atomic E-state index is 13.0. The minimum Gasteiger partial charge on any atom is -0.394 e. The van der Waals surface area contributed by atoms with Crippen LogP contribution in [0.5, 0.6) is 0 Å². The molecule has 44 atom stereocenters. The first-order valence-electron chi connectivity index (χ1n) is 35.5. The first kappa shape index (κ1) is 93.7. The molecule has 112 heavy (non-hydrogen) atoms. The van der Waals surface area contributed by atoms with Crippen molar-refractivity contribution in [3.63, 3.8) is 0 Å². The summed E-state index contributed by atoms with van der Waals surface area (Å²) in [6, 6.07) is -7.28. The number of carbonyl (C=O) groups excluding carboxylic acids is 4. The number of aliphatic hydroxyl groups is 26. The van der Waals surface area contributed by atoms with Crippen molar-refractivity contribution in [3.05, 3.63) is 0 Å². The van der Waals surface area contributed by atoms with Crippen LogP contribution < -0.4 is 21.3 Å². The molecule has 50 heteroatoms. The lowest BCUT2D eigenvalue weighted by atomic mass is 9.94. The third kappa shape index (κ3) is 21.4. The van der Waals surface area contributed by atoms with Gasteiger partial charge in [0.05, 0.1) is 72.1 Å². The van der Waals surface area contributed by atoms with Crippen LogP contribution in [0.3, 0.4) is 0 Å². The van der Waals surface area contributed by atoms with Gasteiger partial charge in [-0.15, -0.1) is 0 Å². The van der Waals surface area contributed by atoms with Crippen molar-refractivity contribution in [2.45, 2.75) is 298 Å². The first-order chi connectivity index (χ1) is 52.9. The summed E-state index contributed by atoms with van der Waals surface area (Å²) >= 11 is 0. The Bertz CT molecular complexity index is 2920. The van der Waals surface area contributed by atoms with Gasteiger partial charge >= 0.3 is 0 Å². The Morgan fingerprint density at radius 1 is 0.304 bits per heavy atom. The van der Waals surface area contributed by atoms with Crippen LogP contribution in [0, 0.1) is 0 Å². The van der Waals surface area contributed by atoms with Crippen molar-refractivity contribution in [1.82, 2.24) is 21.3 Å². The predicted molar refractivity (Wildman–Crippen MR) is 346 cm³/mol. The summed E-state index contributed by atoms with van der Waals surface area (Å²) in [6.07, 6.45) is -84.9. The summed E-state index contributed by atoms with van der Waals surface area (Å²) in [5, 5.41) is 297. The Balaban J connectivity index is 1.16.